The van der Waals surface area contributed by atoms with E-state index in [1.807, 2.05) is 9.80 Å². The van der Waals surface area contributed by atoms with Crippen molar-refractivity contribution in [1.29, 1.82) is 0 Å². The van der Waals surface area contributed by atoms with Crippen LogP contribution >= 0.6 is 0 Å². The Balaban J connectivity index is 1.40. The third-order valence-corrected chi connectivity index (χ3v) is 5.09. The van der Waals surface area contributed by atoms with E-state index in [-0.39, 0.29) is 37.3 Å². The van der Waals surface area contributed by atoms with Crippen LogP contribution in [0.15, 0.2) is 48.5 Å². The Labute approximate surface area is 175 Å². The first-order chi connectivity index (χ1) is 14.4. The highest BCUT2D eigenvalue weighted by Crippen LogP contribution is 2.11. The molecule has 1 fully saturated rings. The van der Waals surface area contributed by atoms with Crippen molar-refractivity contribution >= 4 is 17.5 Å². The third kappa shape index (κ3) is 6.33. The molecule has 1 aliphatic rings. The molecule has 6 nitrogen and oxygen atoms in total. The number of halogens is 2. The highest BCUT2D eigenvalue weighted by Gasteiger charge is 2.22. The molecule has 1 heterocycles. The summed E-state index contributed by atoms with van der Waals surface area (Å²) < 4.78 is 27.0. The highest BCUT2D eigenvalue weighted by atomic mass is 19.1. The van der Waals surface area contributed by atoms with Crippen molar-refractivity contribution in [2.45, 2.75) is 6.54 Å². The summed E-state index contributed by atoms with van der Waals surface area (Å²) >= 11 is 0. The molecule has 3 rings (SSSR count). The number of carbonyl (C=O) groups excluding carboxylic acids is 2. The topological polar surface area (TPSA) is 55.9 Å². The van der Waals surface area contributed by atoms with Gasteiger partial charge in [0.2, 0.25) is 11.8 Å². The standard InChI is InChI=1S/C22H26F2N4O2/c1-26(14-17-5-2-3-8-20(17)24)22(30)16-28-11-9-27(10-12-28)15-21(29)25-19-7-4-6-18(23)13-19/h2-8,13H,9-12,14-16H2,1H3,(H,25,29). The molecule has 0 bridgehead atoms. The first-order valence-corrected chi connectivity index (χ1v) is 9.88. The minimum atomic E-state index is -0.397. The maximum Gasteiger partial charge on any atom is 0.238 e. The smallest absolute Gasteiger partial charge is 0.238 e. The Morgan fingerprint density at radius 2 is 1.63 bits per heavy atom. The second-order valence-corrected chi connectivity index (χ2v) is 7.45. The van der Waals surface area contributed by atoms with Gasteiger partial charge in [-0.2, -0.15) is 0 Å². The van der Waals surface area contributed by atoms with Crippen molar-refractivity contribution in [2.24, 2.45) is 0 Å². The van der Waals surface area contributed by atoms with Crippen LogP contribution in [0.1, 0.15) is 5.56 Å². The van der Waals surface area contributed by atoms with Gasteiger partial charge in [0.05, 0.1) is 13.1 Å². The van der Waals surface area contributed by atoms with Crippen molar-refractivity contribution < 1.29 is 18.4 Å². The van der Waals surface area contributed by atoms with Gasteiger partial charge in [-0.05, 0) is 24.3 Å². The molecule has 0 radical (unpaired) electrons. The normalized spacial score (nSPS) is 15.0. The number of nitrogens with one attached hydrogen (secondary N) is 1. The van der Waals surface area contributed by atoms with Crippen molar-refractivity contribution in [3.8, 4) is 0 Å². The first kappa shape index (κ1) is 21.9. The van der Waals surface area contributed by atoms with E-state index in [4.69, 9.17) is 0 Å². The molecular weight excluding hydrogens is 390 g/mol. The zero-order valence-electron chi connectivity index (χ0n) is 17.0. The second-order valence-electron chi connectivity index (χ2n) is 7.45. The monoisotopic (exact) mass is 416 g/mol. The van der Waals surface area contributed by atoms with E-state index in [9.17, 15) is 18.4 Å². The minimum absolute atomic E-state index is 0.0736. The average Bonchev–Trinajstić information content (AvgIpc) is 2.71. The van der Waals surface area contributed by atoms with E-state index in [0.717, 1.165) is 0 Å². The second kappa shape index (κ2) is 10.3. The van der Waals surface area contributed by atoms with Gasteiger partial charge in [-0.25, -0.2) is 8.78 Å². The highest BCUT2D eigenvalue weighted by molar-refractivity contribution is 5.92. The SMILES string of the molecule is CN(Cc1ccccc1F)C(=O)CN1CCN(CC(=O)Nc2cccc(F)c2)CC1. The summed E-state index contributed by atoms with van der Waals surface area (Å²) in [6, 6.07) is 12.2. The van der Waals surface area contributed by atoms with Crippen LogP contribution in [0.3, 0.4) is 0 Å². The van der Waals surface area contributed by atoms with Gasteiger partial charge in [0.25, 0.3) is 0 Å². The van der Waals surface area contributed by atoms with E-state index in [1.165, 1.54) is 23.1 Å². The van der Waals surface area contributed by atoms with Gasteiger partial charge in [-0.15, -0.1) is 0 Å². The predicted octanol–water partition coefficient (Wildman–Crippen LogP) is 2.18. The quantitative estimate of drug-likeness (QED) is 0.752. The number of hydrogen-bond donors (Lipinski definition) is 1. The molecule has 0 aliphatic carbocycles. The van der Waals surface area contributed by atoms with E-state index >= 15 is 0 Å². The van der Waals surface area contributed by atoms with Crippen molar-refractivity contribution in [2.75, 3.05) is 51.6 Å². The Morgan fingerprint density at radius 1 is 0.967 bits per heavy atom. The third-order valence-electron chi connectivity index (χ3n) is 5.09. The van der Waals surface area contributed by atoms with Gasteiger partial charge in [-0.3, -0.25) is 19.4 Å². The maximum atomic E-state index is 13.8. The summed E-state index contributed by atoms with van der Waals surface area (Å²) in [5.41, 5.74) is 0.921. The van der Waals surface area contributed by atoms with Crippen molar-refractivity contribution in [1.82, 2.24) is 14.7 Å². The maximum absolute atomic E-state index is 13.8. The van der Waals surface area contributed by atoms with Crippen LogP contribution < -0.4 is 5.32 Å². The fourth-order valence-corrected chi connectivity index (χ4v) is 3.36. The molecule has 0 saturated carbocycles. The lowest BCUT2D eigenvalue weighted by Crippen LogP contribution is -2.51. The fourth-order valence-electron chi connectivity index (χ4n) is 3.36. The number of amides is 2. The molecule has 2 aromatic carbocycles. The van der Waals surface area contributed by atoms with Gasteiger partial charge in [0.15, 0.2) is 0 Å². The molecule has 0 atom stereocenters. The molecule has 2 amide bonds. The Bertz CT molecular complexity index is 885. The molecule has 1 aliphatic heterocycles. The fraction of sp³-hybridized carbons (Fsp3) is 0.364. The largest absolute Gasteiger partial charge is 0.340 e. The summed E-state index contributed by atoms with van der Waals surface area (Å²) in [6.07, 6.45) is 0. The molecule has 0 aromatic heterocycles. The van der Waals surface area contributed by atoms with E-state index < -0.39 is 5.82 Å². The molecule has 1 saturated heterocycles. The zero-order chi connectivity index (χ0) is 21.5. The van der Waals surface area contributed by atoms with E-state index in [1.54, 1.807) is 37.4 Å². The zero-order valence-corrected chi connectivity index (χ0v) is 17.0. The number of anilines is 1. The van der Waals surface area contributed by atoms with E-state index in [0.29, 0.717) is 37.4 Å². The van der Waals surface area contributed by atoms with Crippen molar-refractivity contribution in [3.05, 3.63) is 65.7 Å². The summed E-state index contributed by atoms with van der Waals surface area (Å²) in [5, 5.41) is 2.69. The molecule has 0 spiro atoms. The molecule has 8 heteroatoms. The predicted molar refractivity (Wildman–Crippen MR) is 111 cm³/mol. The van der Waals surface area contributed by atoms with Crippen LogP contribution in [-0.2, 0) is 16.1 Å². The van der Waals surface area contributed by atoms with Gasteiger partial charge in [-0.1, -0.05) is 24.3 Å². The van der Waals surface area contributed by atoms with Crippen LogP contribution in [0.25, 0.3) is 0 Å². The van der Waals surface area contributed by atoms with E-state index in [2.05, 4.69) is 5.32 Å². The number of rotatable bonds is 7. The molecule has 2 aromatic rings. The van der Waals surface area contributed by atoms with Crippen LogP contribution in [0.4, 0.5) is 14.5 Å². The molecular formula is C22H26F2N4O2. The van der Waals surface area contributed by atoms with Crippen molar-refractivity contribution in [3.63, 3.8) is 0 Å². The lowest BCUT2D eigenvalue weighted by molar-refractivity contribution is -0.132. The number of carbonyl (C=O) groups is 2. The van der Waals surface area contributed by atoms with Crippen LogP contribution in [0.5, 0.6) is 0 Å². The first-order valence-electron chi connectivity index (χ1n) is 9.88. The van der Waals surface area contributed by atoms with Crippen LogP contribution in [0, 0.1) is 11.6 Å². The summed E-state index contributed by atoms with van der Waals surface area (Å²) in [7, 11) is 1.67. The van der Waals surface area contributed by atoms with Crippen LogP contribution in [0.2, 0.25) is 0 Å². The Kier molecular flexibility index (Phi) is 7.48. The molecule has 160 valence electrons. The van der Waals surface area contributed by atoms with Crippen LogP contribution in [-0.4, -0.2) is 72.8 Å². The lowest BCUT2D eigenvalue weighted by Gasteiger charge is -2.34. The summed E-state index contributed by atoms with van der Waals surface area (Å²) in [6.45, 7) is 3.33. The average molecular weight is 416 g/mol. The minimum Gasteiger partial charge on any atom is -0.340 e. The van der Waals surface area contributed by atoms with Gasteiger partial charge in [0, 0.05) is 51.0 Å². The number of nitrogens with zero attached hydrogens (tertiary/aromatic N) is 3. The van der Waals surface area contributed by atoms with Gasteiger partial charge < -0.3 is 10.2 Å². The van der Waals surface area contributed by atoms with Gasteiger partial charge >= 0.3 is 0 Å². The molecule has 0 unspecified atom stereocenters. The molecule has 30 heavy (non-hydrogen) atoms. The Morgan fingerprint density at radius 3 is 2.30 bits per heavy atom. The number of piperazine rings is 1. The lowest BCUT2D eigenvalue weighted by atomic mass is 10.2. The number of likely N-dealkylation sites (N-methyl/N-ethyl adjacent to an activating group) is 1. The summed E-state index contributed by atoms with van der Waals surface area (Å²) in [5.74, 6) is -0.987. The van der Waals surface area contributed by atoms with Gasteiger partial charge in [0.1, 0.15) is 11.6 Å². The summed E-state index contributed by atoms with van der Waals surface area (Å²) in [4.78, 5) is 30.2. The molecule has 1 N–H and O–H groups in total. The number of hydrogen-bond acceptors (Lipinski definition) is 4. The Hall–Kier alpha value is -2.84. The number of benzene rings is 2.